The summed E-state index contributed by atoms with van der Waals surface area (Å²) in [5.41, 5.74) is 5.70. The van der Waals surface area contributed by atoms with E-state index in [0.29, 0.717) is 17.9 Å². The molecule has 3 atom stereocenters. The summed E-state index contributed by atoms with van der Waals surface area (Å²) in [6.07, 6.45) is 3.50. The van der Waals surface area contributed by atoms with Crippen molar-refractivity contribution in [3.05, 3.63) is 0 Å². The Kier molecular flexibility index (Phi) is 13.9. The molecule has 0 aliphatic carbocycles. The molecule has 0 bridgehead atoms. The van der Waals surface area contributed by atoms with Crippen molar-refractivity contribution in [1.82, 2.24) is 16.0 Å². The SMILES string of the molecule is CSCCC(N)C(=O)NC(CC(=O)O)C(=O)NCC(=O)NC(CCSC)C(=O)O. The van der Waals surface area contributed by atoms with Gasteiger partial charge >= 0.3 is 11.9 Å². The second-order valence-corrected chi connectivity index (χ2v) is 7.98. The first kappa shape index (κ1) is 27.0. The number of amides is 3. The monoisotopic (exact) mass is 452 g/mol. The quantitative estimate of drug-likeness (QED) is 0.170. The van der Waals surface area contributed by atoms with Crippen LogP contribution in [-0.2, 0) is 24.0 Å². The highest BCUT2D eigenvalue weighted by Gasteiger charge is 2.27. The molecule has 11 nitrogen and oxygen atoms in total. The van der Waals surface area contributed by atoms with Crippen LogP contribution in [0.3, 0.4) is 0 Å². The molecule has 0 saturated heterocycles. The molecule has 0 rings (SSSR count). The average molecular weight is 453 g/mol. The molecule has 0 radical (unpaired) electrons. The Labute approximate surface area is 177 Å². The van der Waals surface area contributed by atoms with Crippen LogP contribution < -0.4 is 21.7 Å². The van der Waals surface area contributed by atoms with Crippen molar-refractivity contribution in [2.24, 2.45) is 5.73 Å². The topological polar surface area (TPSA) is 188 Å². The highest BCUT2D eigenvalue weighted by molar-refractivity contribution is 7.98. The van der Waals surface area contributed by atoms with Gasteiger partial charge in [-0.2, -0.15) is 23.5 Å². The van der Waals surface area contributed by atoms with Gasteiger partial charge in [-0.1, -0.05) is 0 Å². The maximum Gasteiger partial charge on any atom is 0.326 e. The van der Waals surface area contributed by atoms with Gasteiger partial charge in [0.15, 0.2) is 0 Å². The summed E-state index contributed by atoms with van der Waals surface area (Å²) in [6, 6.07) is -3.42. The molecular weight excluding hydrogens is 424 g/mol. The number of carbonyl (C=O) groups excluding carboxylic acids is 3. The number of carboxylic acid groups (broad SMARTS) is 2. The zero-order chi connectivity index (χ0) is 22.4. The summed E-state index contributed by atoms with van der Waals surface area (Å²) in [7, 11) is 0. The number of nitrogens with one attached hydrogen (secondary N) is 3. The third-order valence-electron chi connectivity index (χ3n) is 3.65. The summed E-state index contributed by atoms with van der Waals surface area (Å²) in [5.74, 6) is -3.69. The van der Waals surface area contributed by atoms with Crippen LogP contribution in [0.15, 0.2) is 0 Å². The van der Waals surface area contributed by atoms with E-state index in [1.807, 2.05) is 6.26 Å². The lowest BCUT2D eigenvalue weighted by molar-refractivity contribution is -0.142. The Morgan fingerprint density at radius 1 is 0.897 bits per heavy atom. The molecule has 3 amide bonds. The summed E-state index contributed by atoms with van der Waals surface area (Å²) < 4.78 is 0. The van der Waals surface area contributed by atoms with E-state index in [0.717, 1.165) is 0 Å². The molecule has 0 saturated carbocycles. The van der Waals surface area contributed by atoms with Gasteiger partial charge in [0.05, 0.1) is 19.0 Å². The first-order valence-electron chi connectivity index (χ1n) is 8.67. The van der Waals surface area contributed by atoms with Crippen LogP contribution in [-0.4, -0.2) is 88.6 Å². The molecule has 0 spiro atoms. The lowest BCUT2D eigenvalue weighted by atomic mass is 10.1. The lowest BCUT2D eigenvalue weighted by Crippen LogP contribution is -2.54. The molecule has 0 aromatic heterocycles. The Morgan fingerprint density at radius 3 is 2.00 bits per heavy atom. The van der Waals surface area contributed by atoms with Crippen LogP contribution in [0.5, 0.6) is 0 Å². The predicted molar refractivity (Wildman–Crippen MR) is 111 cm³/mol. The third kappa shape index (κ3) is 12.2. The highest BCUT2D eigenvalue weighted by atomic mass is 32.2. The normalized spacial score (nSPS) is 13.6. The maximum absolute atomic E-state index is 12.2. The summed E-state index contributed by atoms with van der Waals surface area (Å²) >= 11 is 2.91. The number of aliphatic carboxylic acids is 2. The van der Waals surface area contributed by atoms with Gasteiger partial charge in [0.25, 0.3) is 0 Å². The predicted octanol–water partition coefficient (Wildman–Crippen LogP) is -1.53. The number of hydrogen-bond donors (Lipinski definition) is 6. The summed E-state index contributed by atoms with van der Waals surface area (Å²) in [5, 5.41) is 24.8. The molecular formula is C16H28N4O7S2. The van der Waals surface area contributed by atoms with Gasteiger partial charge in [-0.3, -0.25) is 19.2 Å². The maximum atomic E-state index is 12.2. The molecule has 0 fully saturated rings. The average Bonchev–Trinajstić information content (AvgIpc) is 2.65. The van der Waals surface area contributed by atoms with E-state index in [4.69, 9.17) is 15.9 Å². The Bertz CT molecular complexity index is 592. The Morgan fingerprint density at radius 2 is 1.48 bits per heavy atom. The zero-order valence-electron chi connectivity index (χ0n) is 16.3. The van der Waals surface area contributed by atoms with Crippen LogP contribution in [0.2, 0.25) is 0 Å². The largest absolute Gasteiger partial charge is 0.481 e. The molecule has 0 aromatic carbocycles. The molecule has 13 heteroatoms. The lowest BCUT2D eigenvalue weighted by Gasteiger charge is -2.20. The van der Waals surface area contributed by atoms with Crippen LogP contribution >= 0.6 is 23.5 Å². The van der Waals surface area contributed by atoms with Gasteiger partial charge < -0.3 is 31.9 Å². The van der Waals surface area contributed by atoms with Gasteiger partial charge in [0, 0.05) is 0 Å². The van der Waals surface area contributed by atoms with Crippen LogP contribution in [0, 0.1) is 0 Å². The van der Waals surface area contributed by atoms with Gasteiger partial charge in [0.1, 0.15) is 12.1 Å². The minimum absolute atomic E-state index is 0.210. The second kappa shape index (κ2) is 14.9. The van der Waals surface area contributed by atoms with Crippen LogP contribution in [0.4, 0.5) is 0 Å². The smallest absolute Gasteiger partial charge is 0.326 e. The van der Waals surface area contributed by atoms with E-state index in [2.05, 4.69) is 16.0 Å². The molecule has 0 aliphatic rings. The van der Waals surface area contributed by atoms with Gasteiger partial charge in [0.2, 0.25) is 17.7 Å². The molecule has 29 heavy (non-hydrogen) atoms. The van der Waals surface area contributed by atoms with E-state index >= 15 is 0 Å². The molecule has 0 heterocycles. The second-order valence-electron chi connectivity index (χ2n) is 6.00. The van der Waals surface area contributed by atoms with E-state index in [1.165, 1.54) is 23.5 Å². The Hall–Kier alpha value is -1.99. The van der Waals surface area contributed by atoms with Crippen molar-refractivity contribution in [2.45, 2.75) is 37.4 Å². The molecule has 3 unspecified atom stereocenters. The van der Waals surface area contributed by atoms with Crippen molar-refractivity contribution < 1.29 is 34.2 Å². The van der Waals surface area contributed by atoms with E-state index in [1.54, 1.807) is 6.26 Å². The molecule has 0 aromatic rings. The van der Waals surface area contributed by atoms with E-state index in [9.17, 15) is 24.0 Å². The van der Waals surface area contributed by atoms with Crippen molar-refractivity contribution in [3.8, 4) is 0 Å². The number of carboxylic acids is 2. The minimum atomic E-state index is -1.42. The fraction of sp³-hybridized carbons (Fsp3) is 0.688. The number of rotatable bonds is 15. The van der Waals surface area contributed by atoms with Crippen LogP contribution in [0.25, 0.3) is 0 Å². The molecule has 0 aliphatic heterocycles. The van der Waals surface area contributed by atoms with E-state index < -0.39 is 60.8 Å². The third-order valence-corrected chi connectivity index (χ3v) is 4.94. The van der Waals surface area contributed by atoms with Crippen molar-refractivity contribution in [2.75, 3.05) is 30.6 Å². The number of hydrogen-bond acceptors (Lipinski definition) is 8. The van der Waals surface area contributed by atoms with Crippen molar-refractivity contribution in [3.63, 3.8) is 0 Å². The number of thioether (sulfide) groups is 2. The Balaban J connectivity index is 4.76. The first-order valence-corrected chi connectivity index (χ1v) is 11.5. The van der Waals surface area contributed by atoms with Crippen molar-refractivity contribution >= 4 is 53.2 Å². The first-order chi connectivity index (χ1) is 13.6. The zero-order valence-corrected chi connectivity index (χ0v) is 17.9. The highest BCUT2D eigenvalue weighted by Crippen LogP contribution is 2.02. The molecule has 7 N–H and O–H groups in total. The fourth-order valence-electron chi connectivity index (χ4n) is 2.07. The van der Waals surface area contributed by atoms with Gasteiger partial charge in [-0.05, 0) is 36.9 Å². The van der Waals surface area contributed by atoms with Crippen LogP contribution in [0.1, 0.15) is 19.3 Å². The fourth-order valence-corrected chi connectivity index (χ4v) is 3.03. The standard InChI is InChI=1S/C16H28N4O7S2/c1-28-5-3-9(17)14(24)20-11(7-13(22)23)15(25)18-8-12(21)19-10(16(26)27)4-6-29-2/h9-11H,3-8,17H2,1-2H3,(H,18,25)(H,19,21)(H,20,24)(H,22,23)(H,26,27). The van der Waals surface area contributed by atoms with Crippen molar-refractivity contribution in [1.29, 1.82) is 0 Å². The minimum Gasteiger partial charge on any atom is -0.481 e. The number of carbonyl (C=O) groups is 5. The number of nitrogens with two attached hydrogens (primary N) is 1. The van der Waals surface area contributed by atoms with E-state index in [-0.39, 0.29) is 6.42 Å². The summed E-state index contributed by atoms with van der Waals surface area (Å²) in [4.78, 5) is 58.3. The van der Waals surface area contributed by atoms with Gasteiger partial charge in [-0.25, -0.2) is 4.79 Å². The summed E-state index contributed by atoms with van der Waals surface area (Å²) in [6.45, 7) is -0.563. The molecule has 166 valence electrons. The van der Waals surface area contributed by atoms with Gasteiger partial charge in [-0.15, -0.1) is 0 Å².